The third-order valence-electron chi connectivity index (χ3n) is 4.96. The molecule has 1 amide bonds. The lowest BCUT2D eigenvalue weighted by atomic mass is 10.1. The van der Waals surface area contributed by atoms with Crippen LogP contribution in [-0.2, 0) is 29.9 Å². The van der Waals surface area contributed by atoms with Crippen LogP contribution in [-0.4, -0.2) is 55.3 Å². The van der Waals surface area contributed by atoms with E-state index in [0.717, 1.165) is 5.41 Å². The average Bonchev–Trinajstić information content (AvgIpc) is 2.85. The fourth-order valence-corrected chi connectivity index (χ4v) is 4.34. The Morgan fingerprint density at radius 1 is 0.889 bits per heavy atom. The van der Waals surface area contributed by atoms with Gasteiger partial charge in [0.15, 0.2) is 9.84 Å². The monoisotopic (exact) mass is 521 g/mol. The maximum atomic E-state index is 12.9. The van der Waals surface area contributed by atoms with Crippen molar-refractivity contribution in [3.8, 4) is 23.0 Å². The number of benzene rings is 2. The Bertz CT molecular complexity index is 1180. The lowest BCUT2D eigenvalue weighted by Crippen LogP contribution is -2.15. The van der Waals surface area contributed by atoms with Crippen LogP contribution in [0.4, 0.5) is 5.69 Å². The molecule has 0 aliphatic rings. The van der Waals surface area contributed by atoms with Crippen molar-refractivity contribution in [2.45, 2.75) is 25.5 Å². The summed E-state index contributed by atoms with van der Waals surface area (Å²) >= 11 is 0. The molecule has 11 heteroatoms. The first-order valence-corrected chi connectivity index (χ1v) is 12.7. The van der Waals surface area contributed by atoms with E-state index in [1.54, 1.807) is 31.2 Å². The average molecular weight is 522 g/mol. The summed E-state index contributed by atoms with van der Waals surface area (Å²) < 4.78 is 51.7. The summed E-state index contributed by atoms with van der Waals surface area (Å²) in [5, 5.41) is 3.73. The molecule has 0 heterocycles. The highest BCUT2D eigenvalue weighted by atomic mass is 32.2. The highest BCUT2D eigenvalue weighted by molar-refractivity contribution is 7.93. The second-order valence-electron chi connectivity index (χ2n) is 7.44. The summed E-state index contributed by atoms with van der Waals surface area (Å²) in [6, 6.07) is 7.91. The normalized spacial score (nSPS) is 11.1. The molecule has 196 valence electrons. The number of esters is 1. The van der Waals surface area contributed by atoms with Gasteiger partial charge in [-0.25, -0.2) is 8.42 Å². The number of ether oxygens (including phenoxy) is 5. The Morgan fingerprint density at radius 3 is 2.08 bits per heavy atom. The molecule has 0 bridgehead atoms. The first-order valence-electron chi connectivity index (χ1n) is 11.0. The molecule has 10 nitrogen and oxygen atoms in total. The predicted molar refractivity (Wildman–Crippen MR) is 135 cm³/mol. The van der Waals surface area contributed by atoms with E-state index in [-0.39, 0.29) is 25.2 Å². The van der Waals surface area contributed by atoms with E-state index in [2.05, 4.69) is 5.32 Å². The smallest absolute Gasteiger partial charge is 0.306 e. The van der Waals surface area contributed by atoms with Gasteiger partial charge in [0.2, 0.25) is 5.91 Å². The van der Waals surface area contributed by atoms with E-state index in [0.29, 0.717) is 39.8 Å². The molecule has 0 spiro atoms. The number of rotatable bonds is 13. The van der Waals surface area contributed by atoms with Crippen molar-refractivity contribution in [3.05, 3.63) is 46.9 Å². The van der Waals surface area contributed by atoms with E-state index in [9.17, 15) is 18.0 Å². The molecular weight excluding hydrogens is 490 g/mol. The maximum Gasteiger partial charge on any atom is 0.306 e. The van der Waals surface area contributed by atoms with Crippen LogP contribution in [0.15, 0.2) is 35.7 Å². The van der Waals surface area contributed by atoms with E-state index in [1.807, 2.05) is 0 Å². The van der Waals surface area contributed by atoms with Crippen LogP contribution in [0.5, 0.6) is 23.0 Å². The van der Waals surface area contributed by atoms with Crippen LogP contribution < -0.4 is 24.3 Å². The number of anilines is 1. The van der Waals surface area contributed by atoms with Crippen LogP contribution in [0.3, 0.4) is 0 Å². The molecule has 2 aromatic rings. The zero-order chi connectivity index (χ0) is 26.7. The van der Waals surface area contributed by atoms with Crippen molar-refractivity contribution in [3.63, 3.8) is 0 Å². The molecule has 0 atom stereocenters. The van der Waals surface area contributed by atoms with Gasteiger partial charge >= 0.3 is 5.97 Å². The van der Waals surface area contributed by atoms with Gasteiger partial charge in [-0.15, -0.1) is 0 Å². The molecule has 0 aliphatic carbocycles. The summed E-state index contributed by atoms with van der Waals surface area (Å²) in [6.07, 6.45) is 1.24. The summed E-state index contributed by atoms with van der Waals surface area (Å²) in [5.41, 5.74) is 1.16. The highest BCUT2D eigenvalue weighted by Crippen LogP contribution is 2.35. The zero-order valence-electron chi connectivity index (χ0n) is 21.0. The standard InChI is InChI=1S/C25H31NO9S/c1-6-35-25(28)10-9-24(27)26-20-13-17(7-8-21(20)32-3)16-36(29,30)12-11-19-22(33-4)14-18(31-2)15-23(19)34-5/h7-8,11-15H,6,9-10,16H2,1-5H3,(H,26,27)/b12-11+. The third kappa shape index (κ3) is 8.19. The number of amides is 1. The van der Waals surface area contributed by atoms with Gasteiger partial charge in [-0.2, -0.15) is 0 Å². The number of hydrogen-bond acceptors (Lipinski definition) is 9. The number of methoxy groups -OCH3 is 4. The number of carbonyl (C=O) groups is 2. The summed E-state index contributed by atoms with van der Waals surface area (Å²) in [5.74, 6) is 0.378. The minimum atomic E-state index is -3.73. The van der Waals surface area contributed by atoms with Crippen molar-refractivity contribution < 1.29 is 41.7 Å². The van der Waals surface area contributed by atoms with Crippen LogP contribution in [0, 0.1) is 0 Å². The fourth-order valence-electron chi connectivity index (χ4n) is 3.25. The summed E-state index contributed by atoms with van der Waals surface area (Å²) in [6.45, 7) is 1.92. The van der Waals surface area contributed by atoms with Gasteiger partial charge in [0, 0.05) is 24.0 Å². The van der Waals surface area contributed by atoms with Gasteiger partial charge in [-0.3, -0.25) is 9.59 Å². The van der Waals surface area contributed by atoms with Crippen LogP contribution in [0.25, 0.3) is 6.08 Å². The van der Waals surface area contributed by atoms with Gasteiger partial charge in [0.25, 0.3) is 0 Å². The Balaban J connectivity index is 2.22. The number of carbonyl (C=O) groups excluding carboxylic acids is 2. The largest absolute Gasteiger partial charge is 0.496 e. The molecule has 0 fully saturated rings. The lowest BCUT2D eigenvalue weighted by Gasteiger charge is -2.13. The van der Waals surface area contributed by atoms with Crippen molar-refractivity contribution in [2.75, 3.05) is 40.4 Å². The number of sulfone groups is 1. The summed E-state index contributed by atoms with van der Waals surface area (Å²) in [4.78, 5) is 23.8. The maximum absolute atomic E-state index is 12.9. The molecule has 0 saturated carbocycles. The number of nitrogens with one attached hydrogen (secondary N) is 1. The van der Waals surface area contributed by atoms with Gasteiger partial charge in [-0.05, 0) is 30.7 Å². The number of hydrogen-bond donors (Lipinski definition) is 1. The van der Waals surface area contributed by atoms with Crippen molar-refractivity contribution in [1.82, 2.24) is 0 Å². The molecule has 36 heavy (non-hydrogen) atoms. The second-order valence-corrected chi connectivity index (χ2v) is 9.33. The SMILES string of the molecule is CCOC(=O)CCC(=O)Nc1cc(CS(=O)(=O)/C=C/c2c(OC)cc(OC)cc2OC)ccc1OC. The molecular formula is C25H31NO9S. The molecule has 0 unspecified atom stereocenters. The minimum absolute atomic E-state index is 0.0703. The first kappa shape index (κ1) is 28.5. The van der Waals surface area contributed by atoms with Gasteiger partial charge < -0.3 is 29.0 Å². The van der Waals surface area contributed by atoms with Crippen molar-refractivity contribution in [1.29, 1.82) is 0 Å². The molecule has 0 radical (unpaired) electrons. The van der Waals surface area contributed by atoms with Gasteiger partial charge in [0.1, 0.15) is 23.0 Å². The molecule has 0 aliphatic heterocycles. The topological polar surface area (TPSA) is 126 Å². The molecule has 1 N–H and O–H groups in total. The Labute approximate surface area is 211 Å². The first-order chi connectivity index (χ1) is 17.2. The van der Waals surface area contributed by atoms with Gasteiger partial charge in [0.05, 0.1) is 58.5 Å². The third-order valence-corrected chi connectivity index (χ3v) is 6.25. The molecule has 2 rings (SSSR count). The van der Waals surface area contributed by atoms with Crippen LogP contribution in [0.2, 0.25) is 0 Å². The predicted octanol–water partition coefficient (Wildman–Crippen LogP) is 3.59. The lowest BCUT2D eigenvalue weighted by molar-refractivity contribution is -0.144. The highest BCUT2D eigenvalue weighted by Gasteiger charge is 2.16. The van der Waals surface area contributed by atoms with Crippen LogP contribution in [0.1, 0.15) is 30.9 Å². The molecule has 2 aromatic carbocycles. The van der Waals surface area contributed by atoms with Crippen LogP contribution >= 0.6 is 0 Å². The fraction of sp³-hybridized carbons (Fsp3) is 0.360. The Morgan fingerprint density at radius 2 is 1.53 bits per heavy atom. The van der Waals surface area contributed by atoms with Crippen molar-refractivity contribution in [2.24, 2.45) is 0 Å². The quantitative estimate of drug-likeness (QED) is 0.394. The zero-order valence-corrected chi connectivity index (χ0v) is 21.8. The minimum Gasteiger partial charge on any atom is -0.496 e. The van der Waals surface area contributed by atoms with E-state index >= 15 is 0 Å². The Kier molecular flexibility index (Phi) is 10.6. The van der Waals surface area contributed by atoms with Crippen molar-refractivity contribution >= 4 is 33.5 Å². The Hall–Kier alpha value is -3.73. The molecule has 0 aromatic heterocycles. The van der Waals surface area contributed by atoms with E-state index < -0.39 is 21.7 Å². The summed E-state index contributed by atoms with van der Waals surface area (Å²) in [7, 11) is 2.12. The second kappa shape index (κ2) is 13.4. The van der Waals surface area contributed by atoms with E-state index in [4.69, 9.17) is 23.7 Å². The van der Waals surface area contributed by atoms with Gasteiger partial charge in [-0.1, -0.05) is 6.07 Å². The molecule has 0 saturated heterocycles. The van der Waals surface area contributed by atoms with E-state index in [1.165, 1.54) is 40.6 Å².